The molecular weight excluding hydrogens is 266 g/mol. The Morgan fingerprint density at radius 1 is 1.55 bits per heavy atom. The summed E-state index contributed by atoms with van der Waals surface area (Å²) in [4.78, 5) is 12.3. The number of ether oxygens (including phenoxy) is 1. The highest BCUT2D eigenvalue weighted by molar-refractivity contribution is 5.73. The first-order valence-corrected chi connectivity index (χ1v) is 6.03. The second-order valence-corrected chi connectivity index (χ2v) is 5.00. The molecule has 5 atom stereocenters. The van der Waals surface area contributed by atoms with Gasteiger partial charge >= 0.3 is 6.03 Å². The summed E-state index contributed by atoms with van der Waals surface area (Å²) in [5, 5.41) is 29.8. The lowest BCUT2D eigenvalue weighted by atomic mass is 9.94. The van der Waals surface area contributed by atoms with Crippen LogP contribution >= 0.6 is 0 Å². The monoisotopic (exact) mass is 287 g/mol. The molecule has 1 fully saturated rings. The number of rotatable bonds is 4. The summed E-state index contributed by atoms with van der Waals surface area (Å²) < 4.78 is 5.36. The first-order chi connectivity index (χ1) is 9.09. The number of nitrogens with zero attached hydrogens (tertiary/aromatic N) is 1. The van der Waals surface area contributed by atoms with Gasteiger partial charge in [0.25, 0.3) is 0 Å². The molecule has 0 aliphatic carbocycles. The van der Waals surface area contributed by atoms with Gasteiger partial charge in [-0.2, -0.15) is 0 Å². The maximum absolute atomic E-state index is 11.5. The van der Waals surface area contributed by atoms with E-state index in [-0.39, 0.29) is 5.70 Å². The summed E-state index contributed by atoms with van der Waals surface area (Å²) in [6.07, 6.45) is -2.24. The zero-order valence-corrected chi connectivity index (χ0v) is 11.4. The number of hydrogen-bond donors (Lipinski definition) is 5. The molecule has 0 aromatic carbocycles. The minimum Gasteiger partial charge on any atom is -0.399 e. The Hall–Kier alpha value is -1.61. The van der Waals surface area contributed by atoms with Gasteiger partial charge in [0.1, 0.15) is 17.8 Å². The molecule has 114 valence electrons. The van der Waals surface area contributed by atoms with Crippen LogP contribution in [0.4, 0.5) is 4.79 Å². The molecule has 0 aromatic rings. The van der Waals surface area contributed by atoms with E-state index in [2.05, 4.69) is 6.58 Å². The Morgan fingerprint density at radius 3 is 2.45 bits per heavy atom. The predicted octanol–water partition coefficient (Wildman–Crippen LogP) is -1.43. The second kappa shape index (κ2) is 5.80. The van der Waals surface area contributed by atoms with Crippen molar-refractivity contribution in [2.45, 2.75) is 44.0 Å². The molecule has 0 bridgehead atoms. The Bertz CT molecular complexity index is 421. The molecule has 0 saturated carbocycles. The zero-order valence-electron chi connectivity index (χ0n) is 11.4. The highest BCUT2D eigenvalue weighted by Gasteiger charge is 2.56. The molecule has 8 heteroatoms. The molecule has 1 heterocycles. The molecular formula is C12H21N3O5. The molecule has 0 spiro atoms. The molecule has 1 aliphatic rings. The standard InChI is InChI=1S/C12H21N3O5/c1-6(13)4-5-15(11(14)18)10-12(3,19)9(17)8(20-10)7(2)16/h4-5,7-10,16-17,19H,1,13H2,2-3H3,(H2,14,18)/b5-4-/t7-,8+,9+,10+,12+/m0/s1. The van der Waals surface area contributed by atoms with Gasteiger partial charge in [0.15, 0.2) is 6.23 Å². The van der Waals surface area contributed by atoms with Crippen LogP contribution in [0.2, 0.25) is 0 Å². The van der Waals surface area contributed by atoms with Gasteiger partial charge in [-0.25, -0.2) is 4.79 Å². The summed E-state index contributed by atoms with van der Waals surface area (Å²) in [6.45, 7) is 6.11. The number of urea groups is 1. The molecule has 1 saturated heterocycles. The molecule has 1 rings (SSSR count). The number of aliphatic hydroxyl groups is 3. The van der Waals surface area contributed by atoms with Gasteiger partial charge in [0, 0.05) is 11.9 Å². The molecule has 0 radical (unpaired) electrons. The van der Waals surface area contributed by atoms with Crippen molar-refractivity contribution in [2.75, 3.05) is 0 Å². The third kappa shape index (κ3) is 3.10. The van der Waals surface area contributed by atoms with Gasteiger partial charge in [-0.05, 0) is 19.9 Å². The average Bonchev–Trinajstić information content (AvgIpc) is 2.52. The van der Waals surface area contributed by atoms with E-state index in [0.29, 0.717) is 0 Å². The molecule has 1 aliphatic heterocycles. The van der Waals surface area contributed by atoms with E-state index >= 15 is 0 Å². The lowest BCUT2D eigenvalue weighted by molar-refractivity contribution is -0.109. The van der Waals surface area contributed by atoms with E-state index in [1.165, 1.54) is 26.1 Å². The van der Waals surface area contributed by atoms with E-state index in [1.54, 1.807) is 0 Å². The SMILES string of the molecule is C=C(N)/C=C\N(C(N)=O)[C@@H]1O[C@H]([C@H](C)O)[C@@H](O)[C@@]1(C)O. The summed E-state index contributed by atoms with van der Waals surface area (Å²) >= 11 is 0. The second-order valence-electron chi connectivity index (χ2n) is 5.00. The number of nitrogens with two attached hydrogens (primary N) is 2. The minimum atomic E-state index is -1.81. The van der Waals surface area contributed by atoms with Gasteiger partial charge in [-0.1, -0.05) is 6.58 Å². The van der Waals surface area contributed by atoms with Gasteiger partial charge in [0.05, 0.1) is 6.10 Å². The van der Waals surface area contributed by atoms with Crippen LogP contribution < -0.4 is 11.5 Å². The number of carbonyl (C=O) groups excluding carboxylic acids is 1. The fraction of sp³-hybridized carbons (Fsp3) is 0.583. The van der Waals surface area contributed by atoms with E-state index in [1.807, 2.05) is 0 Å². The van der Waals surface area contributed by atoms with E-state index in [4.69, 9.17) is 16.2 Å². The van der Waals surface area contributed by atoms with Crippen molar-refractivity contribution >= 4 is 6.03 Å². The third-order valence-electron chi connectivity index (χ3n) is 3.13. The Morgan fingerprint density at radius 2 is 2.10 bits per heavy atom. The quantitative estimate of drug-likeness (QED) is 0.401. The Labute approximate surface area is 116 Å². The summed E-state index contributed by atoms with van der Waals surface area (Å²) in [7, 11) is 0. The normalized spacial score (nSPS) is 35.1. The first-order valence-electron chi connectivity index (χ1n) is 6.03. The highest BCUT2D eigenvalue weighted by Crippen LogP contribution is 2.34. The summed E-state index contributed by atoms with van der Waals surface area (Å²) in [5.41, 5.74) is 8.94. The number of aliphatic hydroxyl groups excluding tert-OH is 2. The number of hydrogen-bond acceptors (Lipinski definition) is 6. The first kappa shape index (κ1) is 16.4. The van der Waals surface area contributed by atoms with Crippen molar-refractivity contribution in [3.63, 3.8) is 0 Å². The number of amides is 2. The van der Waals surface area contributed by atoms with Crippen molar-refractivity contribution in [3.05, 3.63) is 24.6 Å². The zero-order chi connectivity index (χ0) is 15.7. The van der Waals surface area contributed by atoms with Crippen LogP contribution in [0.1, 0.15) is 13.8 Å². The highest BCUT2D eigenvalue weighted by atomic mass is 16.6. The van der Waals surface area contributed by atoms with Crippen molar-refractivity contribution < 1.29 is 24.9 Å². The fourth-order valence-corrected chi connectivity index (χ4v) is 2.01. The molecule has 20 heavy (non-hydrogen) atoms. The lowest BCUT2D eigenvalue weighted by Crippen LogP contribution is -2.54. The van der Waals surface area contributed by atoms with Crippen LogP contribution in [-0.4, -0.2) is 56.4 Å². The maximum Gasteiger partial charge on any atom is 0.321 e. The molecule has 7 N–H and O–H groups in total. The summed E-state index contributed by atoms with van der Waals surface area (Å²) in [5.74, 6) is 0. The molecule has 8 nitrogen and oxygen atoms in total. The van der Waals surface area contributed by atoms with Crippen LogP contribution in [-0.2, 0) is 4.74 Å². The van der Waals surface area contributed by atoms with Crippen molar-refractivity contribution in [2.24, 2.45) is 11.5 Å². The van der Waals surface area contributed by atoms with Gasteiger partial charge < -0.3 is 31.5 Å². The van der Waals surface area contributed by atoms with Crippen LogP contribution in [0, 0.1) is 0 Å². The van der Waals surface area contributed by atoms with E-state index in [9.17, 15) is 20.1 Å². The summed E-state index contributed by atoms with van der Waals surface area (Å²) in [6, 6.07) is -0.911. The third-order valence-corrected chi connectivity index (χ3v) is 3.13. The Kier molecular flexibility index (Phi) is 4.77. The maximum atomic E-state index is 11.5. The largest absolute Gasteiger partial charge is 0.399 e. The minimum absolute atomic E-state index is 0.168. The number of carbonyl (C=O) groups is 1. The smallest absolute Gasteiger partial charge is 0.321 e. The molecule has 2 amide bonds. The van der Waals surface area contributed by atoms with E-state index < -0.39 is 36.2 Å². The van der Waals surface area contributed by atoms with Crippen LogP contribution in [0.25, 0.3) is 0 Å². The van der Waals surface area contributed by atoms with Crippen LogP contribution in [0.5, 0.6) is 0 Å². The van der Waals surface area contributed by atoms with Crippen molar-refractivity contribution in [1.29, 1.82) is 0 Å². The number of allylic oxidation sites excluding steroid dienone is 1. The number of primary amides is 1. The van der Waals surface area contributed by atoms with Gasteiger partial charge in [-0.3, -0.25) is 4.90 Å². The van der Waals surface area contributed by atoms with Gasteiger partial charge in [-0.15, -0.1) is 0 Å². The topological polar surface area (TPSA) is 142 Å². The fourth-order valence-electron chi connectivity index (χ4n) is 2.01. The van der Waals surface area contributed by atoms with E-state index in [0.717, 1.165) is 4.90 Å². The van der Waals surface area contributed by atoms with Crippen molar-refractivity contribution in [1.82, 2.24) is 4.90 Å². The van der Waals surface area contributed by atoms with Crippen LogP contribution in [0.3, 0.4) is 0 Å². The van der Waals surface area contributed by atoms with Crippen LogP contribution in [0.15, 0.2) is 24.6 Å². The molecule has 0 aromatic heterocycles. The predicted molar refractivity (Wildman–Crippen MR) is 70.9 cm³/mol. The molecule has 0 unspecified atom stereocenters. The van der Waals surface area contributed by atoms with Crippen molar-refractivity contribution in [3.8, 4) is 0 Å². The average molecular weight is 287 g/mol. The van der Waals surface area contributed by atoms with Gasteiger partial charge in [0.2, 0.25) is 0 Å². The Balaban J connectivity index is 3.08. The lowest BCUT2D eigenvalue weighted by Gasteiger charge is -2.32.